The van der Waals surface area contributed by atoms with Crippen molar-refractivity contribution >= 4 is 23.3 Å². The van der Waals surface area contributed by atoms with Crippen LogP contribution in [0.15, 0.2) is 46.9 Å². The lowest BCUT2D eigenvalue weighted by Crippen LogP contribution is -2.11. The molecule has 2 aromatic carbocycles. The minimum Gasteiger partial charge on any atom is -0.496 e. The summed E-state index contributed by atoms with van der Waals surface area (Å²) in [7, 11) is 1.42. The van der Waals surface area contributed by atoms with Gasteiger partial charge in [-0.05, 0) is 25.1 Å². The molecule has 0 aliphatic rings. The van der Waals surface area contributed by atoms with Crippen molar-refractivity contribution in [3.05, 3.63) is 58.9 Å². The Balaban J connectivity index is 1.78. The highest BCUT2D eigenvalue weighted by Gasteiger charge is 2.23. The summed E-state index contributed by atoms with van der Waals surface area (Å²) < 4.78 is 16.1. The molecule has 8 heteroatoms. The van der Waals surface area contributed by atoms with E-state index in [4.69, 9.17) is 31.2 Å². The molecule has 0 spiro atoms. The Kier molecular flexibility index (Phi) is 5.09. The topological polar surface area (TPSA) is 100 Å². The van der Waals surface area contributed by atoms with Crippen LogP contribution in [0.4, 0.5) is 5.69 Å². The van der Waals surface area contributed by atoms with Gasteiger partial charge in [-0.3, -0.25) is 0 Å². The number of nitrogens with zero attached hydrogens (tertiary/aromatic N) is 2. The fraction of sp³-hybridized carbons (Fsp3) is 0.167. The summed E-state index contributed by atoms with van der Waals surface area (Å²) in [5.74, 6) is 0.143. The Morgan fingerprint density at radius 2 is 1.96 bits per heavy atom. The maximum Gasteiger partial charge on any atom is 0.342 e. The lowest BCUT2D eigenvalue weighted by atomic mass is 10.2. The molecule has 0 saturated heterocycles. The molecule has 26 heavy (non-hydrogen) atoms. The van der Waals surface area contributed by atoms with Crippen molar-refractivity contribution in [2.24, 2.45) is 0 Å². The number of anilines is 1. The largest absolute Gasteiger partial charge is 0.496 e. The number of rotatable bonds is 5. The van der Waals surface area contributed by atoms with Crippen molar-refractivity contribution in [2.45, 2.75) is 13.0 Å². The molecular formula is C18H16ClN3O4. The zero-order chi connectivity index (χ0) is 18.7. The van der Waals surface area contributed by atoms with Crippen molar-refractivity contribution in [1.29, 1.82) is 0 Å². The van der Waals surface area contributed by atoms with Gasteiger partial charge < -0.3 is 19.6 Å². The lowest BCUT2D eigenvalue weighted by molar-refractivity contribution is 0.0276. The number of carbonyl (C=O) groups excluding carboxylic acids is 1. The van der Waals surface area contributed by atoms with E-state index in [1.165, 1.54) is 19.2 Å². The molecule has 0 saturated carbocycles. The minimum atomic E-state index is -0.756. The van der Waals surface area contributed by atoms with Crippen LogP contribution >= 0.6 is 11.6 Å². The Hall–Kier alpha value is -3.06. The molecule has 1 atom stereocenters. The highest BCUT2D eigenvalue weighted by Crippen LogP contribution is 2.31. The van der Waals surface area contributed by atoms with Crippen molar-refractivity contribution in [2.75, 3.05) is 12.8 Å². The Morgan fingerprint density at radius 1 is 1.23 bits per heavy atom. The summed E-state index contributed by atoms with van der Waals surface area (Å²) in [5.41, 5.74) is 6.95. The van der Waals surface area contributed by atoms with E-state index in [1.807, 2.05) is 30.3 Å². The summed E-state index contributed by atoms with van der Waals surface area (Å²) in [4.78, 5) is 12.5. The number of ether oxygens (including phenoxy) is 2. The van der Waals surface area contributed by atoms with E-state index >= 15 is 0 Å². The smallest absolute Gasteiger partial charge is 0.342 e. The molecule has 3 aromatic rings. The number of nitrogen functional groups attached to an aromatic ring is 1. The number of halogens is 1. The van der Waals surface area contributed by atoms with Gasteiger partial charge in [0.25, 0.3) is 5.89 Å². The van der Waals surface area contributed by atoms with Gasteiger partial charge in [0.2, 0.25) is 5.89 Å². The van der Waals surface area contributed by atoms with E-state index < -0.39 is 12.1 Å². The zero-order valence-corrected chi connectivity index (χ0v) is 14.9. The van der Waals surface area contributed by atoms with E-state index in [9.17, 15) is 4.79 Å². The molecular weight excluding hydrogens is 358 g/mol. The third-order valence-electron chi connectivity index (χ3n) is 3.63. The van der Waals surface area contributed by atoms with E-state index in [1.54, 1.807) is 6.92 Å². The number of aromatic nitrogens is 2. The fourth-order valence-corrected chi connectivity index (χ4v) is 2.43. The quantitative estimate of drug-likeness (QED) is 0.534. The van der Waals surface area contributed by atoms with Crippen LogP contribution in [-0.4, -0.2) is 23.3 Å². The zero-order valence-electron chi connectivity index (χ0n) is 14.1. The van der Waals surface area contributed by atoms with E-state index in [-0.39, 0.29) is 22.2 Å². The fourth-order valence-electron chi connectivity index (χ4n) is 2.27. The first-order valence-corrected chi connectivity index (χ1v) is 8.10. The van der Waals surface area contributed by atoms with Crippen LogP contribution in [0.1, 0.15) is 29.3 Å². The average molecular weight is 374 g/mol. The molecule has 0 bridgehead atoms. The van der Waals surface area contributed by atoms with Crippen LogP contribution in [0.2, 0.25) is 5.02 Å². The van der Waals surface area contributed by atoms with Crippen LogP contribution in [-0.2, 0) is 4.74 Å². The molecule has 2 N–H and O–H groups in total. The number of hydrogen-bond acceptors (Lipinski definition) is 7. The number of esters is 1. The monoisotopic (exact) mass is 373 g/mol. The number of nitrogens with two attached hydrogens (primary N) is 1. The highest BCUT2D eigenvalue weighted by atomic mass is 35.5. The summed E-state index contributed by atoms with van der Waals surface area (Å²) in [6.07, 6.45) is -0.756. The van der Waals surface area contributed by atoms with Gasteiger partial charge in [0, 0.05) is 11.6 Å². The predicted molar refractivity (Wildman–Crippen MR) is 96.0 cm³/mol. The van der Waals surface area contributed by atoms with Gasteiger partial charge in [-0.25, -0.2) is 4.79 Å². The summed E-state index contributed by atoms with van der Waals surface area (Å²) >= 11 is 5.98. The second-order valence-electron chi connectivity index (χ2n) is 5.43. The molecule has 0 aliphatic heterocycles. The Morgan fingerprint density at radius 3 is 2.65 bits per heavy atom. The van der Waals surface area contributed by atoms with E-state index in [2.05, 4.69) is 10.2 Å². The second-order valence-corrected chi connectivity index (χ2v) is 5.84. The third kappa shape index (κ3) is 3.62. The van der Waals surface area contributed by atoms with Gasteiger partial charge in [-0.15, -0.1) is 10.2 Å². The molecule has 1 unspecified atom stereocenters. The molecule has 1 heterocycles. The van der Waals surface area contributed by atoms with Gasteiger partial charge >= 0.3 is 5.97 Å². The van der Waals surface area contributed by atoms with E-state index in [0.29, 0.717) is 11.6 Å². The average Bonchev–Trinajstić information content (AvgIpc) is 3.14. The van der Waals surface area contributed by atoms with Crippen molar-refractivity contribution in [3.8, 4) is 17.2 Å². The maximum atomic E-state index is 12.5. The number of carbonyl (C=O) groups is 1. The molecule has 134 valence electrons. The molecule has 0 fully saturated rings. The van der Waals surface area contributed by atoms with Gasteiger partial charge in [0.15, 0.2) is 6.10 Å². The first-order valence-electron chi connectivity index (χ1n) is 7.72. The predicted octanol–water partition coefficient (Wildman–Crippen LogP) is 3.90. The summed E-state index contributed by atoms with van der Waals surface area (Å²) in [5, 5.41) is 8.15. The third-order valence-corrected chi connectivity index (χ3v) is 3.96. The van der Waals surface area contributed by atoms with Gasteiger partial charge in [-0.2, -0.15) is 0 Å². The van der Waals surface area contributed by atoms with Crippen LogP contribution in [0.3, 0.4) is 0 Å². The molecule has 1 aromatic heterocycles. The minimum absolute atomic E-state index is 0.154. The number of methoxy groups -OCH3 is 1. The summed E-state index contributed by atoms with van der Waals surface area (Å²) in [6, 6.07) is 12.2. The maximum absolute atomic E-state index is 12.5. The lowest BCUT2D eigenvalue weighted by Gasteiger charge is -2.13. The standard InChI is InChI=1S/C18H16ClN3O4/c1-10(16-21-22-17(26-16)11-6-4-3-5-7-11)25-18(23)12-8-13(19)14(20)9-15(12)24-2/h3-10H,20H2,1-2H3. The molecule has 0 amide bonds. The molecule has 0 aliphatic carbocycles. The van der Waals surface area contributed by atoms with Crippen molar-refractivity contribution in [1.82, 2.24) is 10.2 Å². The molecule has 0 radical (unpaired) electrons. The SMILES string of the molecule is COc1cc(N)c(Cl)cc1C(=O)OC(C)c1nnc(-c2ccccc2)o1. The van der Waals surface area contributed by atoms with Gasteiger partial charge in [0.05, 0.1) is 17.8 Å². The molecule has 7 nitrogen and oxygen atoms in total. The first-order chi connectivity index (χ1) is 12.5. The number of benzene rings is 2. The highest BCUT2D eigenvalue weighted by molar-refractivity contribution is 6.33. The van der Waals surface area contributed by atoms with E-state index in [0.717, 1.165) is 5.56 Å². The van der Waals surface area contributed by atoms with Crippen LogP contribution in [0.5, 0.6) is 5.75 Å². The van der Waals surface area contributed by atoms with Crippen molar-refractivity contribution in [3.63, 3.8) is 0 Å². The summed E-state index contributed by atoms with van der Waals surface area (Å²) in [6.45, 7) is 1.63. The number of hydrogen-bond donors (Lipinski definition) is 1. The van der Waals surface area contributed by atoms with Crippen LogP contribution < -0.4 is 10.5 Å². The Bertz CT molecular complexity index is 927. The van der Waals surface area contributed by atoms with Crippen LogP contribution in [0, 0.1) is 0 Å². The van der Waals surface area contributed by atoms with Gasteiger partial charge in [-0.1, -0.05) is 29.8 Å². The normalized spacial score (nSPS) is 11.8. The van der Waals surface area contributed by atoms with Crippen molar-refractivity contribution < 1.29 is 18.7 Å². The van der Waals surface area contributed by atoms with Crippen LogP contribution in [0.25, 0.3) is 11.5 Å². The Labute approximate surface area is 154 Å². The first kappa shape index (κ1) is 17.8. The second kappa shape index (κ2) is 7.45. The van der Waals surface area contributed by atoms with Gasteiger partial charge in [0.1, 0.15) is 11.3 Å². The molecule has 3 rings (SSSR count).